The van der Waals surface area contributed by atoms with Crippen LogP contribution in [0.1, 0.15) is 31.2 Å². The lowest BCUT2D eigenvalue weighted by atomic mass is 9.92. The van der Waals surface area contributed by atoms with E-state index in [1.807, 2.05) is 0 Å². The highest BCUT2D eigenvalue weighted by Gasteiger charge is 2.38. The molecule has 37 heavy (non-hydrogen) atoms. The van der Waals surface area contributed by atoms with Gasteiger partial charge in [-0.2, -0.15) is 0 Å². The number of nitrogens with zero attached hydrogens (tertiary/aromatic N) is 1. The van der Waals surface area contributed by atoms with Crippen LogP contribution < -0.4 is 14.8 Å². The van der Waals surface area contributed by atoms with Crippen LogP contribution in [-0.4, -0.2) is 45.8 Å². The Labute approximate surface area is 215 Å². The Bertz CT molecular complexity index is 1290. The number of carbonyl (C=O) groups excluding carboxylic acids is 2. The van der Waals surface area contributed by atoms with Crippen LogP contribution in [0.15, 0.2) is 64.0 Å². The van der Waals surface area contributed by atoms with Crippen LogP contribution in [-0.2, 0) is 29.1 Å². The minimum absolute atomic E-state index is 0.0213. The zero-order valence-electron chi connectivity index (χ0n) is 20.9. The van der Waals surface area contributed by atoms with Crippen molar-refractivity contribution in [1.29, 1.82) is 0 Å². The Morgan fingerprint density at radius 3 is 2.05 bits per heavy atom. The first-order valence-corrected chi connectivity index (χ1v) is 13.0. The summed E-state index contributed by atoms with van der Waals surface area (Å²) in [7, 11) is -2.40. The number of aromatic nitrogens is 1. The summed E-state index contributed by atoms with van der Waals surface area (Å²) in [6.45, 7) is 5.08. The first kappa shape index (κ1) is 27.5. The fourth-order valence-electron chi connectivity index (χ4n) is 3.52. The first-order chi connectivity index (χ1) is 17.7. The minimum atomic E-state index is -3.93. The van der Waals surface area contributed by atoms with Crippen molar-refractivity contribution in [3.05, 3.63) is 65.9 Å². The van der Waals surface area contributed by atoms with Crippen LogP contribution in [0.3, 0.4) is 0 Å². The third-order valence-corrected chi connectivity index (χ3v) is 6.61. The van der Waals surface area contributed by atoms with Crippen molar-refractivity contribution in [2.75, 3.05) is 30.4 Å². The first-order valence-electron chi connectivity index (χ1n) is 11.5. The molecule has 0 spiro atoms. The number of ether oxygens (including phenoxy) is 3. The second-order valence-electron chi connectivity index (χ2n) is 7.83. The molecule has 2 aromatic carbocycles. The van der Waals surface area contributed by atoms with Gasteiger partial charge in [0.1, 0.15) is 11.5 Å². The summed E-state index contributed by atoms with van der Waals surface area (Å²) in [6, 6.07) is 13.2. The average Bonchev–Trinajstić information content (AvgIpc) is 3.28. The molecule has 0 saturated heterocycles. The molecule has 0 radical (unpaired) electrons. The van der Waals surface area contributed by atoms with Crippen molar-refractivity contribution in [3.63, 3.8) is 0 Å². The normalized spacial score (nSPS) is 12.0. The molecular weight excluding hydrogens is 502 g/mol. The number of anilines is 2. The van der Waals surface area contributed by atoms with Crippen LogP contribution in [0.5, 0.6) is 5.75 Å². The summed E-state index contributed by atoms with van der Waals surface area (Å²) in [4.78, 5) is 25.7. The van der Waals surface area contributed by atoms with Crippen molar-refractivity contribution >= 4 is 33.5 Å². The van der Waals surface area contributed by atoms with Crippen molar-refractivity contribution < 1.29 is 36.7 Å². The lowest BCUT2D eigenvalue weighted by molar-refractivity contribution is -0.162. The Kier molecular flexibility index (Phi) is 9.12. The summed E-state index contributed by atoms with van der Waals surface area (Å²) in [5.74, 6) is -1.71. The van der Waals surface area contributed by atoms with Gasteiger partial charge in [-0.3, -0.25) is 14.3 Å². The fraction of sp³-hybridized carbons (Fsp3) is 0.320. The number of methoxy groups -OCH3 is 1. The van der Waals surface area contributed by atoms with Gasteiger partial charge in [-0.25, -0.2) is 8.42 Å². The topological polar surface area (TPSA) is 146 Å². The molecule has 1 aromatic heterocycles. The summed E-state index contributed by atoms with van der Waals surface area (Å²) < 4.78 is 48.2. The van der Waals surface area contributed by atoms with Gasteiger partial charge < -0.3 is 24.1 Å². The third kappa shape index (κ3) is 7.00. The van der Waals surface area contributed by atoms with Gasteiger partial charge in [0, 0.05) is 11.8 Å². The highest BCUT2D eigenvalue weighted by Crippen LogP contribution is 2.31. The number of nitrogens with one attached hydrogen (secondary N) is 2. The van der Waals surface area contributed by atoms with Gasteiger partial charge in [0.15, 0.2) is 11.7 Å². The Balaban J connectivity index is 1.93. The van der Waals surface area contributed by atoms with Gasteiger partial charge in [0.05, 0.1) is 31.3 Å². The summed E-state index contributed by atoms with van der Waals surface area (Å²) in [6.07, 6.45) is 0. The van der Waals surface area contributed by atoms with Gasteiger partial charge in [0.25, 0.3) is 10.0 Å². The zero-order valence-corrected chi connectivity index (χ0v) is 21.7. The van der Waals surface area contributed by atoms with Gasteiger partial charge in [-0.05, 0) is 62.7 Å². The van der Waals surface area contributed by atoms with Crippen LogP contribution >= 0.6 is 0 Å². The fourth-order valence-corrected chi connectivity index (χ4v) is 4.51. The van der Waals surface area contributed by atoms with E-state index in [4.69, 9.17) is 18.7 Å². The van der Waals surface area contributed by atoms with E-state index in [0.717, 1.165) is 0 Å². The van der Waals surface area contributed by atoms with E-state index >= 15 is 0 Å². The summed E-state index contributed by atoms with van der Waals surface area (Å²) in [5.41, 5.74) is 1.04. The molecule has 0 amide bonds. The quantitative estimate of drug-likeness (QED) is 0.262. The van der Waals surface area contributed by atoms with E-state index in [2.05, 4.69) is 15.2 Å². The van der Waals surface area contributed by atoms with Gasteiger partial charge >= 0.3 is 11.9 Å². The van der Waals surface area contributed by atoms with Gasteiger partial charge in [0.2, 0.25) is 0 Å². The van der Waals surface area contributed by atoms with Crippen molar-refractivity contribution in [1.82, 2.24) is 5.16 Å². The van der Waals surface area contributed by atoms with Crippen LogP contribution in [0.25, 0.3) is 0 Å². The number of aryl methyl sites for hydroxylation is 1. The Morgan fingerprint density at radius 1 is 0.973 bits per heavy atom. The standard InChI is InChI=1S/C25H29N3O8S/c1-5-34-24(29)22(25(30)35-6-2)23(17-7-11-19(33-4)12-8-17)26-18-9-13-20(14-10-18)37(31,32)28-21-15-16(3)36-27-21/h7-15,22-23,26H,5-6H2,1-4H3,(H,27,28). The van der Waals surface area contributed by atoms with E-state index in [-0.39, 0.29) is 23.9 Å². The predicted octanol–water partition coefficient (Wildman–Crippen LogP) is 3.69. The molecule has 1 heterocycles. The third-order valence-electron chi connectivity index (χ3n) is 5.24. The number of rotatable bonds is 12. The summed E-state index contributed by atoms with van der Waals surface area (Å²) >= 11 is 0. The maximum Gasteiger partial charge on any atom is 0.322 e. The molecule has 11 nitrogen and oxygen atoms in total. The van der Waals surface area contributed by atoms with Crippen molar-refractivity contribution in [3.8, 4) is 5.75 Å². The zero-order chi connectivity index (χ0) is 27.0. The molecule has 1 unspecified atom stereocenters. The largest absolute Gasteiger partial charge is 0.497 e. The second-order valence-corrected chi connectivity index (χ2v) is 9.51. The molecule has 12 heteroatoms. The maximum absolute atomic E-state index is 12.9. The second kappa shape index (κ2) is 12.3. The number of hydrogen-bond donors (Lipinski definition) is 2. The van der Waals surface area contributed by atoms with Crippen molar-refractivity contribution in [2.45, 2.75) is 31.7 Å². The van der Waals surface area contributed by atoms with E-state index in [0.29, 0.717) is 22.8 Å². The average molecular weight is 532 g/mol. The Morgan fingerprint density at radius 2 is 1.57 bits per heavy atom. The smallest absolute Gasteiger partial charge is 0.322 e. The SMILES string of the molecule is CCOC(=O)C(C(=O)OCC)C(Nc1ccc(S(=O)(=O)Nc2cc(C)on2)cc1)c1ccc(OC)cc1. The number of sulfonamides is 1. The molecule has 0 bridgehead atoms. The molecule has 0 fully saturated rings. The molecule has 0 aliphatic heterocycles. The van der Waals surface area contributed by atoms with Crippen LogP contribution in [0, 0.1) is 12.8 Å². The lowest BCUT2D eigenvalue weighted by Crippen LogP contribution is -2.36. The molecule has 3 rings (SSSR count). The van der Waals surface area contributed by atoms with E-state index in [9.17, 15) is 18.0 Å². The number of carbonyl (C=O) groups is 2. The molecular formula is C25H29N3O8S. The Hall–Kier alpha value is -4.06. The minimum Gasteiger partial charge on any atom is -0.497 e. The van der Waals surface area contributed by atoms with Crippen molar-refractivity contribution in [2.24, 2.45) is 5.92 Å². The van der Waals surface area contributed by atoms with Gasteiger partial charge in [-0.1, -0.05) is 17.3 Å². The van der Waals surface area contributed by atoms with E-state index in [1.54, 1.807) is 45.0 Å². The lowest BCUT2D eigenvalue weighted by Gasteiger charge is -2.27. The number of esters is 2. The highest BCUT2D eigenvalue weighted by atomic mass is 32.2. The summed E-state index contributed by atoms with van der Waals surface area (Å²) in [5, 5.41) is 6.80. The molecule has 0 saturated carbocycles. The van der Waals surface area contributed by atoms with Crippen LogP contribution in [0.2, 0.25) is 0 Å². The molecule has 0 aliphatic rings. The van der Waals surface area contributed by atoms with E-state index in [1.165, 1.54) is 37.4 Å². The molecule has 2 N–H and O–H groups in total. The number of hydrogen-bond acceptors (Lipinski definition) is 10. The molecule has 3 aromatic rings. The predicted molar refractivity (Wildman–Crippen MR) is 135 cm³/mol. The highest BCUT2D eigenvalue weighted by molar-refractivity contribution is 7.92. The maximum atomic E-state index is 12.9. The number of benzene rings is 2. The molecule has 198 valence electrons. The monoisotopic (exact) mass is 531 g/mol. The van der Waals surface area contributed by atoms with Crippen LogP contribution in [0.4, 0.5) is 11.5 Å². The molecule has 1 atom stereocenters. The van der Waals surface area contributed by atoms with E-state index < -0.39 is 33.9 Å². The van der Waals surface area contributed by atoms with Gasteiger partial charge in [-0.15, -0.1) is 0 Å². The molecule has 0 aliphatic carbocycles.